The molecule has 3 heteroatoms. The summed E-state index contributed by atoms with van der Waals surface area (Å²) in [4.78, 5) is 18.8. The Balaban J connectivity index is 2.36. The van der Waals surface area contributed by atoms with Gasteiger partial charge in [-0.1, -0.05) is 30.3 Å². The van der Waals surface area contributed by atoms with Gasteiger partial charge in [-0.25, -0.2) is 0 Å². The number of hydrogen-bond donors (Lipinski definition) is 0. The lowest BCUT2D eigenvalue weighted by Crippen LogP contribution is -1.93. The molecule has 0 aliphatic heterocycles. The Hall–Kier alpha value is -2.03. The minimum Gasteiger partial charge on any atom is -0.287 e. The average molecular weight is 188 g/mol. The molecule has 0 spiro atoms. The van der Waals surface area contributed by atoms with Crippen molar-refractivity contribution in [3.63, 3.8) is 0 Å². The van der Waals surface area contributed by atoms with Crippen molar-refractivity contribution < 1.29 is 14.6 Å². The van der Waals surface area contributed by atoms with Gasteiger partial charge in [0.15, 0.2) is 5.75 Å². The summed E-state index contributed by atoms with van der Waals surface area (Å²) in [5.41, 5.74) is 0. The Morgan fingerprint density at radius 2 is 1.79 bits per heavy atom. The molecule has 0 N–H and O–H groups in total. The summed E-state index contributed by atoms with van der Waals surface area (Å²) in [6.07, 6.45) is 0. The van der Waals surface area contributed by atoms with Gasteiger partial charge in [-0.15, -0.1) is 0 Å². The molecule has 14 heavy (non-hydrogen) atoms. The van der Waals surface area contributed by atoms with Crippen molar-refractivity contribution in [2.45, 2.75) is 0 Å². The maximum atomic E-state index is 9.89. The Bertz CT molecular complexity index is 451. The lowest BCUT2D eigenvalue weighted by atomic mass is 10.1. The van der Waals surface area contributed by atoms with E-state index in [4.69, 9.17) is 4.89 Å². The Morgan fingerprint density at radius 1 is 1.00 bits per heavy atom. The standard InChI is InChI=1S/C11H8O3/c12-8-13-14-11-6-5-9-3-1-2-4-10(9)7-11/h1-8H. The smallest absolute Gasteiger partial charge is 0.287 e. The summed E-state index contributed by atoms with van der Waals surface area (Å²) >= 11 is 0. The first kappa shape index (κ1) is 8.56. The third-order valence-electron chi connectivity index (χ3n) is 1.90. The van der Waals surface area contributed by atoms with Crippen LogP contribution in [0.5, 0.6) is 5.75 Å². The normalized spacial score (nSPS) is 9.71. The highest BCUT2D eigenvalue weighted by Gasteiger charge is 1.96. The molecule has 0 aromatic heterocycles. The quantitative estimate of drug-likeness (QED) is 0.421. The molecule has 2 aromatic carbocycles. The molecule has 70 valence electrons. The summed E-state index contributed by atoms with van der Waals surface area (Å²) in [5.74, 6) is 0.510. The molecule has 0 unspecified atom stereocenters. The first-order valence-corrected chi connectivity index (χ1v) is 4.16. The highest BCUT2D eigenvalue weighted by Crippen LogP contribution is 2.20. The van der Waals surface area contributed by atoms with E-state index in [0.29, 0.717) is 5.75 Å². The molecule has 0 bridgehead atoms. The van der Waals surface area contributed by atoms with E-state index in [1.54, 1.807) is 12.1 Å². The molecule has 0 radical (unpaired) electrons. The second-order valence-electron chi connectivity index (χ2n) is 2.78. The predicted molar refractivity (Wildman–Crippen MR) is 51.7 cm³/mol. The fourth-order valence-corrected chi connectivity index (χ4v) is 1.29. The second-order valence-corrected chi connectivity index (χ2v) is 2.78. The van der Waals surface area contributed by atoms with Crippen LogP contribution in [0.15, 0.2) is 42.5 Å². The van der Waals surface area contributed by atoms with Gasteiger partial charge in [0.05, 0.1) is 0 Å². The van der Waals surface area contributed by atoms with Gasteiger partial charge in [0.25, 0.3) is 0 Å². The molecular weight excluding hydrogens is 180 g/mol. The summed E-state index contributed by atoms with van der Waals surface area (Å²) in [7, 11) is 0. The molecule has 0 saturated carbocycles. The highest BCUT2D eigenvalue weighted by atomic mass is 17.2. The fourth-order valence-electron chi connectivity index (χ4n) is 1.29. The van der Waals surface area contributed by atoms with E-state index >= 15 is 0 Å². The predicted octanol–water partition coefficient (Wildman–Crippen LogP) is 2.31. The Labute approximate surface area is 80.8 Å². The van der Waals surface area contributed by atoms with Gasteiger partial charge in [0.2, 0.25) is 0 Å². The minimum absolute atomic E-state index is 0.245. The van der Waals surface area contributed by atoms with Crippen LogP contribution in [0, 0.1) is 0 Å². The maximum Gasteiger partial charge on any atom is 0.343 e. The largest absolute Gasteiger partial charge is 0.343 e. The van der Waals surface area contributed by atoms with E-state index in [9.17, 15) is 4.79 Å². The van der Waals surface area contributed by atoms with Crippen molar-refractivity contribution in [1.82, 2.24) is 0 Å². The summed E-state index contributed by atoms with van der Waals surface area (Å²) in [5, 5.41) is 2.16. The van der Waals surface area contributed by atoms with Gasteiger partial charge in [-0.05, 0) is 22.9 Å². The van der Waals surface area contributed by atoms with Gasteiger partial charge in [-0.3, -0.25) is 14.6 Å². The van der Waals surface area contributed by atoms with E-state index in [-0.39, 0.29) is 6.47 Å². The first-order valence-electron chi connectivity index (χ1n) is 4.16. The van der Waals surface area contributed by atoms with Gasteiger partial charge in [0, 0.05) is 0 Å². The van der Waals surface area contributed by atoms with Crippen LogP contribution >= 0.6 is 0 Å². The van der Waals surface area contributed by atoms with Crippen molar-refractivity contribution in [2.75, 3.05) is 0 Å². The van der Waals surface area contributed by atoms with Crippen molar-refractivity contribution >= 4 is 17.2 Å². The molecule has 2 aromatic rings. The third-order valence-corrected chi connectivity index (χ3v) is 1.90. The van der Waals surface area contributed by atoms with Crippen molar-refractivity contribution in [1.29, 1.82) is 0 Å². The SMILES string of the molecule is O=COOc1ccc2ccccc2c1. The lowest BCUT2D eigenvalue weighted by molar-refractivity contribution is -0.196. The van der Waals surface area contributed by atoms with Crippen LogP contribution in [0.1, 0.15) is 0 Å². The van der Waals surface area contributed by atoms with E-state index in [0.717, 1.165) is 10.8 Å². The number of benzene rings is 2. The van der Waals surface area contributed by atoms with Crippen molar-refractivity contribution in [3.8, 4) is 5.75 Å². The maximum absolute atomic E-state index is 9.89. The minimum atomic E-state index is 0.245. The zero-order valence-electron chi connectivity index (χ0n) is 7.34. The highest BCUT2D eigenvalue weighted by molar-refractivity contribution is 5.83. The van der Waals surface area contributed by atoms with Crippen LogP contribution in [0.25, 0.3) is 10.8 Å². The van der Waals surface area contributed by atoms with E-state index in [1.807, 2.05) is 30.3 Å². The van der Waals surface area contributed by atoms with Gasteiger partial charge >= 0.3 is 6.47 Å². The zero-order valence-corrected chi connectivity index (χ0v) is 7.34. The molecule has 0 atom stereocenters. The molecule has 0 heterocycles. The van der Waals surface area contributed by atoms with Crippen LogP contribution in [-0.4, -0.2) is 6.47 Å². The molecule has 0 aliphatic rings. The first-order chi connectivity index (χ1) is 6.90. The van der Waals surface area contributed by atoms with Crippen molar-refractivity contribution in [3.05, 3.63) is 42.5 Å². The summed E-state index contributed by atoms with van der Waals surface area (Å²) in [6, 6.07) is 13.3. The van der Waals surface area contributed by atoms with E-state index in [1.165, 1.54) is 0 Å². The number of carbonyl (C=O) groups is 1. The zero-order chi connectivity index (χ0) is 9.80. The third kappa shape index (κ3) is 1.66. The van der Waals surface area contributed by atoms with Crippen LogP contribution in [0.2, 0.25) is 0 Å². The van der Waals surface area contributed by atoms with Crippen LogP contribution in [0.3, 0.4) is 0 Å². The second kappa shape index (κ2) is 3.79. The molecule has 3 nitrogen and oxygen atoms in total. The topological polar surface area (TPSA) is 35.5 Å². The number of rotatable bonds is 3. The molecule has 0 saturated heterocycles. The van der Waals surface area contributed by atoms with Gasteiger partial charge < -0.3 is 0 Å². The molecule has 2 rings (SSSR count). The molecule has 0 amide bonds. The summed E-state index contributed by atoms with van der Waals surface area (Å²) in [6.45, 7) is 0.245. The van der Waals surface area contributed by atoms with Crippen LogP contribution < -0.4 is 4.89 Å². The van der Waals surface area contributed by atoms with Crippen LogP contribution in [0.4, 0.5) is 0 Å². The molecular formula is C11H8O3. The van der Waals surface area contributed by atoms with Gasteiger partial charge in [-0.2, -0.15) is 0 Å². The van der Waals surface area contributed by atoms with Crippen LogP contribution in [-0.2, 0) is 9.68 Å². The number of fused-ring (bicyclic) bond motifs is 1. The monoisotopic (exact) mass is 188 g/mol. The number of carbonyl (C=O) groups excluding carboxylic acids is 1. The van der Waals surface area contributed by atoms with E-state index in [2.05, 4.69) is 4.89 Å². The lowest BCUT2D eigenvalue weighted by Gasteiger charge is -2.01. The Kier molecular flexibility index (Phi) is 2.32. The van der Waals surface area contributed by atoms with E-state index < -0.39 is 0 Å². The molecule has 0 fully saturated rings. The fraction of sp³-hybridized carbons (Fsp3) is 0. The van der Waals surface area contributed by atoms with Gasteiger partial charge in [0.1, 0.15) is 0 Å². The summed E-state index contributed by atoms with van der Waals surface area (Å²) < 4.78 is 0. The average Bonchev–Trinajstić information content (AvgIpc) is 2.26. The van der Waals surface area contributed by atoms with Crippen molar-refractivity contribution in [2.24, 2.45) is 0 Å². The Morgan fingerprint density at radius 3 is 2.57 bits per heavy atom. The molecule has 0 aliphatic carbocycles. The number of hydrogen-bond acceptors (Lipinski definition) is 3.